The standard InChI is InChI=1S/C18H21N3O4/c1-3-24-17-12-14(5-6-16(17)25-10-7-19)11-15(13-20)18(22)21-8-4-9-23-2/h5-6,11-12H,3-4,8-10H2,1-2H3,(H,21,22)/b15-11+. The van der Waals surface area contributed by atoms with Crippen molar-refractivity contribution in [1.82, 2.24) is 5.32 Å². The lowest BCUT2D eigenvalue weighted by molar-refractivity contribution is -0.117. The molecule has 0 saturated heterocycles. The number of amides is 1. The summed E-state index contributed by atoms with van der Waals surface area (Å²) < 4.78 is 15.7. The zero-order chi connectivity index (χ0) is 18.5. The lowest BCUT2D eigenvalue weighted by Crippen LogP contribution is -2.26. The summed E-state index contributed by atoms with van der Waals surface area (Å²) in [4.78, 5) is 12.0. The first-order valence-corrected chi connectivity index (χ1v) is 7.81. The van der Waals surface area contributed by atoms with Gasteiger partial charge in [0.2, 0.25) is 0 Å². The predicted molar refractivity (Wildman–Crippen MR) is 91.8 cm³/mol. The van der Waals surface area contributed by atoms with Crippen LogP contribution in [0.4, 0.5) is 0 Å². The largest absolute Gasteiger partial charge is 0.490 e. The summed E-state index contributed by atoms with van der Waals surface area (Å²) in [6, 6.07) is 8.77. The molecule has 0 spiro atoms. The van der Waals surface area contributed by atoms with Gasteiger partial charge in [-0.1, -0.05) is 6.07 Å². The molecule has 7 nitrogen and oxygen atoms in total. The highest BCUT2D eigenvalue weighted by Crippen LogP contribution is 2.29. The highest BCUT2D eigenvalue weighted by Gasteiger charge is 2.10. The van der Waals surface area contributed by atoms with Gasteiger partial charge >= 0.3 is 0 Å². The van der Waals surface area contributed by atoms with Crippen LogP contribution in [-0.2, 0) is 9.53 Å². The maximum absolute atomic E-state index is 12.0. The van der Waals surface area contributed by atoms with Crippen LogP contribution in [-0.4, -0.2) is 39.4 Å². The Morgan fingerprint density at radius 2 is 2.08 bits per heavy atom. The van der Waals surface area contributed by atoms with Gasteiger partial charge in [-0.25, -0.2) is 0 Å². The summed E-state index contributed by atoms with van der Waals surface area (Å²) >= 11 is 0. The minimum absolute atomic E-state index is 0.00874. The molecular weight excluding hydrogens is 322 g/mol. The Bertz CT molecular complexity index is 687. The van der Waals surface area contributed by atoms with Crippen molar-refractivity contribution in [2.24, 2.45) is 0 Å². The van der Waals surface area contributed by atoms with Crippen LogP contribution < -0.4 is 14.8 Å². The van der Waals surface area contributed by atoms with Crippen LogP contribution in [0.5, 0.6) is 11.5 Å². The Balaban J connectivity index is 2.91. The number of rotatable bonds is 10. The zero-order valence-corrected chi connectivity index (χ0v) is 14.4. The second-order valence-electron chi connectivity index (χ2n) is 4.86. The summed E-state index contributed by atoms with van der Waals surface area (Å²) in [6.45, 7) is 3.11. The van der Waals surface area contributed by atoms with Crippen molar-refractivity contribution in [3.63, 3.8) is 0 Å². The van der Waals surface area contributed by atoms with Crippen molar-refractivity contribution in [3.05, 3.63) is 29.3 Å². The average molecular weight is 343 g/mol. The van der Waals surface area contributed by atoms with Crippen LogP contribution in [0, 0.1) is 22.7 Å². The molecule has 0 fully saturated rings. The molecule has 0 radical (unpaired) electrons. The number of carbonyl (C=O) groups is 1. The Hall–Kier alpha value is -3.03. The van der Waals surface area contributed by atoms with E-state index in [9.17, 15) is 10.1 Å². The number of nitrogens with one attached hydrogen (secondary N) is 1. The van der Waals surface area contributed by atoms with Gasteiger partial charge in [-0.05, 0) is 37.1 Å². The molecule has 1 rings (SSSR count). The molecule has 1 amide bonds. The van der Waals surface area contributed by atoms with E-state index in [2.05, 4.69) is 5.32 Å². The van der Waals surface area contributed by atoms with Gasteiger partial charge in [-0.15, -0.1) is 0 Å². The van der Waals surface area contributed by atoms with E-state index in [-0.39, 0.29) is 12.2 Å². The molecule has 0 aromatic heterocycles. The number of carbonyl (C=O) groups excluding carboxylic acids is 1. The maximum atomic E-state index is 12.0. The second kappa shape index (κ2) is 11.5. The van der Waals surface area contributed by atoms with E-state index in [1.54, 1.807) is 25.3 Å². The van der Waals surface area contributed by atoms with Crippen LogP contribution in [0.2, 0.25) is 0 Å². The normalized spacial score (nSPS) is 10.5. The van der Waals surface area contributed by atoms with Crippen molar-refractivity contribution >= 4 is 12.0 Å². The molecule has 0 aliphatic carbocycles. The number of hydrogen-bond acceptors (Lipinski definition) is 6. The molecule has 0 saturated carbocycles. The lowest BCUT2D eigenvalue weighted by Gasteiger charge is -2.11. The summed E-state index contributed by atoms with van der Waals surface area (Å²) in [5.41, 5.74) is 0.613. The van der Waals surface area contributed by atoms with Crippen molar-refractivity contribution < 1.29 is 19.0 Å². The number of hydrogen-bond donors (Lipinski definition) is 1. The van der Waals surface area contributed by atoms with E-state index in [1.165, 1.54) is 6.08 Å². The number of nitriles is 2. The smallest absolute Gasteiger partial charge is 0.261 e. The molecule has 132 valence electrons. The van der Waals surface area contributed by atoms with Crippen LogP contribution in [0.15, 0.2) is 23.8 Å². The minimum atomic E-state index is -0.443. The topological polar surface area (TPSA) is 104 Å². The lowest BCUT2D eigenvalue weighted by atomic mass is 10.1. The number of ether oxygens (including phenoxy) is 3. The SMILES string of the molecule is CCOc1cc(/C=C(\C#N)C(=O)NCCCOC)ccc1OCC#N. The van der Waals surface area contributed by atoms with Gasteiger partial charge in [0.05, 0.1) is 6.61 Å². The van der Waals surface area contributed by atoms with E-state index < -0.39 is 5.91 Å². The van der Waals surface area contributed by atoms with E-state index >= 15 is 0 Å². The molecule has 0 heterocycles. The van der Waals surface area contributed by atoms with Crippen molar-refractivity contribution in [3.8, 4) is 23.6 Å². The van der Waals surface area contributed by atoms with Gasteiger partial charge in [0.1, 0.15) is 17.7 Å². The van der Waals surface area contributed by atoms with Gasteiger partial charge in [0.15, 0.2) is 18.1 Å². The first kappa shape index (κ1) is 20.0. The number of benzene rings is 1. The molecule has 25 heavy (non-hydrogen) atoms. The molecule has 0 bridgehead atoms. The highest BCUT2D eigenvalue weighted by atomic mass is 16.5. The first-order chi connectivity index (χ1) is 12.2. The van der Waals surface area contributed by atoms with E-state index in [0.717, 1.165) is 0 Å². The predicted octanol–water partition coefficient (Wildman–Crippen LogP) is 2.05. The van der Waals surface area contributed by atoms with E-state index in [0.29, 0.717) is 43.2 Å². The molecular formula is C18H21N3O4. The Morgan fingerprint density at radius 1 is 1.28 bits per heavy atom. The molecule has 0 unspecified atom stereocenters. The molecule has 1 aromatic rings. The molecule has 0 aliphatic rings. The van der Waals surface area contributed by atoms with Gasteiger partial charge in [0.25, 0.3) is 5.91 Å². The maximum Gasteiger partial charge on any atom is 0.261 e. The fraction of sp³-hybridized carbons (Fsp3) is 0.389. The summed E-state index contributed by atoms with van der Waals surface area (Å²) in [7, 11) is 1.59. The Morgan fingerprint density at radius 3 is 2.72 bits per heavy atom. The monoisotopic (exact) mass is 343 g/mol. The van der Waals surface area contributed by atoms with Crippen LogP contribution in [0.25, 0.3) is 6.08 Å². The third-order valence-corrected chi connectivity index (χ3v) is 3.05. The third-order valence-electron chi connectivity index (χ3n) is 3.05. The number of methoxy groups -OCH3 is 1. The minimum Gasteiger partial charge on any atom is -0.490 e. The Labute approximate surface area is 147 Å². The fourth-order valence-electron chi connectivity index (χ4n) is 1.94. The second-order valence-corrected chi connectivity index (χ2v) is 4.86. The summed E-state index contributed by atoms with van der Waals surface area (Å²) in [5.74, 6) is 0.439. The van der Waals surface area contributed by atoms with Gasteiger partial charge in [-0.3, -0.25) is 4.79 Å². The van der Waals surface area contributed by atoms with Gasteiger partial charge in [0, 0.05) is 20.3 Å². The average Bonchev–Trinajstić information content (AvgIpc) is 2.62. The van der Waals surface area contributed by atoms with Gasteiger partial charge in [-0.2, -0.15) is 10.5 Å². The Kier molecular flexibility index (Phi) is 9.20. The molecule has 1 N–H and O–H groups in total. The molecule has 7 heteroatoms. The summed E-state index contributed by atoms with van der Waals surface area (Å²) in [6.07, 6.45) is 2.14. The first-order valence-electron chi connectivity index (χ1n) is 7.81. The third kappa shape index (κ3) is 6.94. The van der Waals surface area contributed by atoms with Crippen molar-refractivity contribution in [2.45, 2.75) is 13.3 Å². The van der Waals surface area contributed by atoms with E-state index in [4.69, 9.17) is 19.5 Å². The molecule has 1 aromatic carbocycles. The van der Waals surface area contributed by atoms with Crippen molar-refractivity contribution in [1.29, 1.82) is 10.5 Å². The fourth-order valence-corrected chi connectivity index (χ4v) is 1.94. The summed E-state index contributed by atoms with van der Waals surface area (Å²) in [5, 5.41) is 20.5. The molecule has 0 aliphatic heterocycles. The van der Waals surface area contributed by atoms with Crippen LogP contribution >= 0.6 is 0 Å². The molecule has 0 atom stereocenters. The van der Waals surface area contributed by atoms with Gasteiger partial charge < -0.3 is 19.5 Å². The quantitative estimate of drug-likeness (QED) is 0.396. The number of nitrogens with zero attached hydrogens (tertiary/aromatic N) is 2. The highest BCUT2D eigenvalue weighted by molar-refractivity contribution is 6.01. The zero-order valence-electron chi connectivity index (χ0n) is 14.4. The van der Waals surface area contributed by atoms with E-state index in [1.807, 2.05) is 19.1 Å². The van der Waals surface area contributed by atoms with Crippen molar-refractivity contribution in [2.75, 3.05) is 33.5 Å². The van der Waals surface area contributed by atoms with Crippen LogP contribution in [0.3, 0.4) is 0 Å². The van der Waals surface area contributed by atoms with Crippen LogP contribution in [0.1, 0.15) is 18.9 Å².